The Morgan fingerprint density at radius 3 is 2.74 bits per heavy atom. The number of hydrogen-bond donors (Lipinski definition) is 2. The zero-order valence-electron chi connectivity index (χ0n) is 15.4. The van der Waals surface area contributed by atoms with Crippen molar-refractivity contribution in [3.63, 3.8) is 0 Å². The summed E-state index contributed by atoms with van der Waals surface area (Å²) in [5.41, 5.74) is 0.868. The SMILES string of the molecule is COc1ccc([C@@H]2CCC[NH+]2CC(=O)Nc2cc(F)ccc2F)c(OC)c1. The summed E-state index contributed by atoms with van der Waals surface area (Å²) in [4.78, 5) is 13.5. The van der Waals surface area contributed by atoms with Crippen LogP contribution in [0.4, 0.5) is 14.5 Å². The summed E-state index contributed by atoms with van der Waals surface area (Å²) in [5, 5.41) is 2.47. The zero-order valence-corrected chi connectivity index (χ0v) is 15.4. The Balaban J connectivity index is 1.73. The van der Waals surface area contributed by atoms with E-state index in [0.717, 1.165) is 53.8 Å². The standard InChI is InChI=1S/C20H22F2N2O3/c1-26-14-6-7-15(19(11-14)27-2)18-4-3-9-24(18)12-20(25)23-17-10-13(21)5-8-16(17)22/h5-8,10-11,18H,3-4,9,12H2,1-2H3,(H,23,25)/p+1/t18-/m0/s1. The Labute approximate surface area is 156 Å². The molecule has 0 aliphatic carbocycles. The summed E-state index contributed by atoms with van der Waals surface area (Å²) < 4.78 is 37.8. The molecule has 1 saturated heterocycles. The molecule has 1 fully saturated rings. The van der Waals surface area contributed by atoms with Crippen molar-refractivity contribution in [3.05, 3.63) is 53.6 Å². The molecule has 0 radical (unpaired) electrons. The molecule has 1 heterocycles. The van der Waals surface area contributed by atoms with E-state index in [4.69, 9.17) is 9.47 Å². The van der Waals surface area contributed by atoms with E-state index in [1.54, 1.807) is 14.2 Å². The lowest BCUT2D eigenvalue weighted by atomic mass is 10.0. The van der Waals surface area contributed by atoms with Crippen LogP contribution in [0.25, 0.3) is 0 Å². The lowest BCUT2D eigenvalue weighted by Crippen LogP contribution is -3.11. The first-order valence-corrected chi connectivity index (χ1v) is 8.83. The smallest absolute Gasteiger partial charge is 0.279 e. The minimum absolute atomic E-state index is 0.0916. The third-order valence-electron chi connectivity index (χ3n) is 4.89. The van der Waals surface area contributed by atoms with Gasteiger partial charge in [0.15, 0.2) is 6.54 Å². The first kappa shape index (κ1) is 19.1. The molecular formula is C20H23F2N2O3+. The second kappa shape index (κ2) is 8.35. The van der Waals surface area contributed by atoms with Crippen molar-refractivity contribution in [1.29, 1.82) is 0 Å². The molecule has 2 aromatic carbocycles. The highest BCUT2D eigenvalue weighted by molar-refractivity contribution is 5.91. The molecular weight excluding hydrogens is 354 g/mol. The molecule has 1 aliphatic heterocycles. The van der Waals surface area contributed by atoms with E-state index in [1.807, 2.05) is 18.2 Å². The van der Waals surface area contributed by atoms with E-state index in [0.29, 0.717) is 5.75 Å². The summed E-state index contributed by atoms with van der Waals surface area (Å²) in [6, 6.07) is 8.74. The summed E-state index contributed by atoms with van der Waals surface area (Å²) in [5.74, 6) is -0.186. The maximum absolute atomic E-state index is 13.7. The molecule has 1 unspecified atom stereocenters. The minimum atomic E-state index is -0.658. The fourth-order valence-corrected chi connectivity index (χ4v) is 3.60. The van der Waals surface area contributed by atoms with E-state index < -0.39 is 11.6 Å². The number of ether oxygens (including phenoxy) is 2. The van der Waals surface area contributed by atoms with Gasteiger partial charge in [0.2, 0.25) is 0 Å². The maximum Gasteiger partial charge on any atom is 0.279 e. The van der Waals surface area contributed by atoms with E-state index in [-0.39, 0.29) is 24.2 Å². The zero-order chi connectivity index (χ0) is 19.4. The predicted octanol–water partition coefficient (Wildman–Crippen LogP) is 2.34. The number of anilines is 1. The van der Waals surface area contributed by atoms with Gasteiger partial charge in [-0.25, -0.2) is 8.78 Å². The third-order valence-corrected chi connectivity index (χ3v) is 4.89. The molecule has 27 heavy (non-hydrogen) atoms. The topological polar surface area (TPSA) is 52.0 Å². The molecule has 0 aromatic heterocycles. The number of carbonyl (C=O) groups is 1. The van der Waals surface area contributed by atoms with Gasteiger partial charge in [-0.3, -0.25) is 4.79 Å². The summed E-state index contributed by atoms with van der Waals surface area (Å²) in [7, 11) is 3.20. The highest BCUT2D eigenvalue weighted by atomic mass is 19.1. The quantitative estimate of drug-likeness (QED) is 0.813. The van der Waals surface area contributed by atoms with Crippen molar-refractivity contribution in [2.24, 2.45) is 0 Å². The first-order chi connectivity index (χ1) is 13.0. The van der Waals surface area contributed by atoms with Crippen molar-refractivity contribution in [3.8, 4) is 11.5 Å². The van der Waals surface area contributed by atoms with Gasteiger partial charge in [-0.05, 0) is 24.3 Å². The number of methoxy groups -OCH3 is 2. The molecule has 2 aromatic rings. The van der Waals surface area contributed by atoms with E-state index in [1.165, 1.54) is 0 Å². The number of nitrogens with one attached hydrogen (secondary N) is 2. The van der Waals surface area contributed by atoms with Gasteiger partial charge in [-0.2, -0.15) is 0 Å². The van der Waals surface area contributed by atoms with Crippen molar-refractivity contribution in [2.45, 2.75) is 18.9 Å². The number of hydrogen-bond acceptors (Lipinski definition) is 3. The number of carbonyl (C=O) groups excluding carboxylic acids is 1. The van der Waals surface area contributed by atoms with Crippen LogP contribution in [0.3, 0.4) is 0 Å². The van der Waals surface area contributed by atoms with Gasteiger partial charge in [-0.1, -0.05) is 0 Å². The second-order valence-electron chi connectivity index (χ2n) is 6.56. The van der Waals surface area contributed by atoms with Gasteiger partial charge in [0.1, 0.15) is 29.2 Å². The summed E-state index contributed by atoms with van der Waals surface area (Å²) in [6.07, 6.45) is 1.89. The molecule has 0 spiro atoms. The van der Waals surface area contributed by atoms with Gasteiger partial charge in [0.05, 0.1) is 32.0 Å². The van der Waals surface area contributed by atoms with Crippen molar-refractivity contribution in [1.82, 2.24) is 0 Å². The third kappa shape index (κ3) is 4.36. The Kier molecular flexibility index (Phi) is 5.91. The number of likely N-dealkylation sites (tertiary alicyclic amines) is 1. The van der Waals surface area contributed by atoms with Crippen LogP contribution < -0.4 is 19.7 Å². The first-order valence-electron chi connectivity index (χ1n) is 8.83. The Hall–Kier alpha value is -2.67. The van der Waals surface area contributed by atoms with Crippen molar-refractivity contribution >= 4 is 11.6 Å². The number of benzene rings is 2. The highest BCUT2D eigenvalue weighted by Crippen LogP contribution is 2.31. The van der Waals surface area contributed by atoms with Gasteiger partial charge >= 0.3 is 0 Å². The fourth-order valence-electron chi connectivity index (χ4n) is 3.60. The fraction of sp³-hybridized carbons (Fsp3) is 0.350. The molecule has 7 heteroatoms. The maximum atomic E-state index is 13.7. The van der Waals surface area contributed by atoms with Crippen LogP contribution in [0.15, 0.2) is 36.4 Å². The largest absolute Gasteiger partial charge is 0.497 e. The Bertz CT molecular complexity index is 829. The molecule has 5 nitrogen and oxygen atoms in total. The Morgan fingerprint density at radius 2 is 2.00 bits per heavy atom. The van der Waals surface area contributed by atoms with Crippen molar-refractivity contribution < 1.29 is 27.9 Å². The number of quaternary nitrogens is 1. The van der Waals surface area contributed by atoms with Crippen LogP contribution in [0.2, 0.25) is 0 Å². The molecule has 2 atom stereocenters. The summed E-state index contributed by atoms with van der Waals surface area (Å²) >= 11 is 0. The highest BCUT2D eigenvalue weighted by Gasteiger charge is 2.33. The van der Waals surface area contributed by atoms with Crippen molar-refractivity contribution in [2.75, 3.05) is 32.6 Å². The molecule has 144 valence electrons. The van der Waals surface area contributed by atoms with Crippen LogP contribution in [-0.4, -0.2) is 33.2 Å². The van der Waals surface area contributed by atoms with Crippen LogP contribution in [0.1, 0.15) is 24.4 Å². The average Bonchev–Trinajstić information content (AvgIpc) is 3.11. The molecule has 2 N–H and O–H groups in total. The second-order valence-corrected chi connectivity index (χ2v) is 6.56. The lowest BCUT2D eigenvalue weighted by Gasteiger charge is -2.23. The van der Waals surface area contributed by atoms with E-state index in [9.17, 15) is 13.6 Å². The Morgan fingerprint density at radius 1 is 1.19 bits per heavy atom. The van der Waals surface area contributed by atoms with Crippen LogP contribution in [0, 0.1) is 11.6 Å². The van der Waals surface area contributed by atoms with Gasteiger partial charge in [0.25, 0.3) is 5.91 Å². The van der Waals surface area contributed by atoms with E-state index >= 15 is 0 Å². The molecule has 3 rings (SSSR count). The molecule has 1 aliphatic rings. The summed E-state index contributed by atoms with van der Waals surface area (Å²) in [6.45, 7) is 0.981. The van der Waals surface area contributed by atoms with Gasteiger partial charge in [0, 0.05) is 25.0 Å². The lowest BCUT2D eigenvalue weighted by molar-refractivity contribution is -0.910. The number of halogens is 2. The minimum Gasteiger partial charge on any atom is -0.497 e. The number of amides is 1. The van der Waals surface area contributed by atoms with Gasteiger partial charge < -0.3 is 19.7 Å². The molecule has 0 bridgehead atoms. The monoisotopic (exact) mass is 377 g/mol. The molecule has 1 amide bonds. The predicted molar refractivity (Wildman–Crippen MR) is 97.2 cm³/mol. The van der Waals surface area contributed by atoms with E-state index in [2.05, 4.69) is 5.32 Å². The van der Waals surface area contributed by atoms with Crippen LogP contribution in [-0.2, 0) is 4.79 Å². The average molecular weight is 377 g/mol. The van der Waals surface area contributed by atoms with Gasteiger partial charge in [-0.15, -0.1) is 0 Å². The number of rotatable bonds is 6. The molecule has 0 saturated carbocycles. The van der Waals surface area contributed by atoms with Crippen LogP contribution in [0.5, 0.6) is 11.5 Å². The normalized spacial score (nSPS) is 19.0. The van der Waals surface area contributed by atoms with Crippen LogP contribution >= 0.6 is 0 Å².